The summed E-state index contributed by atoms with van der Waals surface area (Å²) in [6.07, 6.45) is 0.0501. The quantitative estimate of drug-likeness (QED) is 0.598. The summed E-state index contributed by atoms with van der Waals surface area (Å²) in [5.41, 5.74) is 2.88. The van der Waals surface area contributed by atoms with Crippen LogP contribution in [0.1, 0.15) is 42.1 Å². The van der Waals surface area contributed by atoms with Crippen molar-refractivity contribution in [2.24, 2.45) is 5.92 Å². The average Bonchev–Trinajstić information content (AvgIpc) is 3.60. The van der Waals surface area contributed by atoms with Crippen LogP contribution in [0, 0.1) is 17.8 Å². The van der Waals surface area contributed by atoms with Crippen LogP contribution in [0.15, 0.2) is 42.5 Å². The van der Waals surface area contributed by atoms with Crippen molar-refractivity contribution in [2.75, 3.05) is 13.2 Å². The maximum Gasteiger partial charge on any atom is 0.149 e. The molecule has 2 aromatic carbocycles. The summed E-state index contributed by atoms with van der Waals surface area (Å²) in [6.45, 7) is 0.0518. The van der Waals surface area contributed by atoms with Gasteiger partial charge in [-0.1, -0.05) is 47.7 Å². The summed E-state index contributed by atoms with van der Waals surface area (Å²) in [6, 6.07) is 13.5. The Kier molecular flexibility index (Phi) is 7.16. The van der Waals surface area contributed by atoms with Gasteiger partial charge in [0.2, 0.25) is 0 Å². The van der Waals surface area contributed by atoms with Crippen molar-refractivity contribution in [3.05, 3.63) is 64.2 Å². The lowest BCUT2D eigenvalue weighted by molar-refractivity contribution is -0.181. The predicted molar refractivity (Wildman–Crippen MR) is 118 cm³/mol. The Hall–Kier alpha value is -2.07. The summed E-state index contributed by atoms with van der Waals surface area (Å²) in [4.78, 5) is 0. The fourth-order valence-electron chi connectivity index (χ4n) is 3.71. The van der Waals surface area contributed by atoms with E-state index in [1.807, 2.05) is 42.5 Å². The Balaban J connectivity index is 1.41. The molecule has 4 rings (SSSR count). The zero-order valence-electron chi connectivity index (χ0n) is 17.2. The van der Waals surface area contributed by atoms with E-state index in [0.29, 0.717) is 24.0 Å². The van der Waals surface area contributed by atoms with Crippen molar-refractivity contribution in [1.29, 1.82) is 0 Å². The third-order valence-electron chi connectivity index (χ3n) is 5.70. The van der Waals surface area contributed by atoms with Gasteiger partial charge < -0.3 is 24.8 Å². The molecule has 5 nitrogen and oxygen atoms in total. The largest absolute Gasteiger partial charge is 0.481 e. The van der Waals surface area contributed by atoms with Gasteiger partial charge in [-0.3, -0.25) is 0 Å². The second kappa shape index (κ2) is 10.0. The number of aliphatic hydroxyl groups is 3. The van der Waals surface area contributed by atoms with Crippen molar-refractivity contribution in [1.82, 2.24) is 0 Å². The smallest absolute Gasteiger partial charge is 0.149 e. The minimum atomic E-state index is -1.09. The van der Waals surface area contributed by atoms with Gasteiger partial charge in [0, 0.05) is 17.4 Å². The summed E-state index contributed by atoms with van der Waals surface area (Å²) in [5.74, 6) is 7.60. The Morgan fingerprint density at radius 1 is 1.10 bits per heavy atom. The van der Waals surface area contributed by atoms with Crippen LogP contribution >= 0.6 is 11.6 Å². The third kappa shape index (κ3) is 5.79. The van der Waals surface area contributed by atoms with Gasteiger partial charge in [0.05, 0.1) is 18.8 Å². The van der Waals surface area contributed by atoms with Crippen LogP contribution in [0.3, 0.4) is 0 Å². The van der Waals surface area contributed by atoms with Crippen LogP contribution in [0.25, 0.3) is 0 Å². The number of hydrogen-bond donors (Lipinski definition) is 3. The number of hydrogen-bond acceptors (Lipinski definition) is 5. The van der Waals surface area contributed by atoms with Crippen LogP contribution < -0.4 is 4.74 Å². The van der Waals surface area contributed by atoms with E-state index in [9.17, 15) is 15.3 Å². The first-order chi connectivity index (χ1) is 15.0. The van der Waals surface area contributed by atoms with Crippen LogP contribution in [-0.2, 0) is 11.2 Å². The van der Waals surface area contributed by atoms with Crippen molar-refractivity contribution in [3.8, 4) is 17.6 Å². The van der Waals surface area contributed by atoms with E-state index in [2.05, 4.69) is 11.8 Å². The van der Waals surface area contributed by atoms with Crippen molar-refractivity contribution in [2.45, 2.75) is 50.1 Å². The number of aliphatic hydroxyl groups excluding tert-OH is 3. The Bertz CT molecular complexity index is 945. The SMILES string of the molecule is OCC1O[C@H](c2ccc(Cl)c(Cc3ccc(OCC#CC4CC4)cc3)c2)CC(O)[C@@H]1O. The molecule has 2 unspecified atom stereocenters. The first kappa shape index (κ1) is 22.1. The fraction of sp³-hybridized carbons (Fsp3) is 0.440. The zero-order chi connectivity index (χ0) is 21.8. The van der Waals surface area contributed by atoms with Crippen molar-refractivity contribution < 1.29 is 24.8 Å². The lowest BCUT2D eigenvalue weighted by atomic mass is 9.92. The molecule has 0 bridgehead atoms. The number of benzene rings is 2. The van der Waals surface area contributed by atoms with Crippen LogP contribution in [-0.4, -0.2) is 46.8 Å². The normalized spacial score (nSPS) is 25.5. The lowest BCUT2D eigenvalue weighted by Crippen LogP contribution is -2.47. The lowest BCUT2D eigenvalue weighted by Gasteiger charge is -2.36. The molecule has 1 aliphatic carbocycles. The number of rotatable bonds is 6. The zero-order valence-corrected chi connectivity index (χ0v) is 18.0. The second-order valence-corrected chi connectivity index (χ2v) is 8.60. The van der Waals surface area contributed by atoms with Gasteiger partial charge in [0.15, 0.2) is 0 Å². The highest BCUT2D eigenvalue weighted by Gasteiger charge is 2.37. The maximum absolute atomic E-state index is 10.1. The molecule has 2 aliphatic rings. The molecule has 0 amide bonds. The predicted octanol–water partition coefficient (Wildman–Crippen LogP) is 3.27. The summed E-state index contributed by atoms with van der Waals surface area (Å²) in [7, 11) is 0. The average molecular weight is 443 g/mol. The minimum Gasteiger partial charge on any atom is -0.481 e. The molecule has 0 spiro atoms. The molecule has 1 saturated carbocycles. The molecule has 3 N–H and O–H groups in total. The molecule has 4 atom stereocenters. The molecule has 1 heterocycles. The Labute approximate surface area is 187 Å². The molecule has 1 saturated heterocycles. The van der Waals surface area contributed by atoms with E-state index in [4.69, 9.17) is 21.1 Å². The monoisotopic (exact) mass is 442 g/mol. The van der Waals surface area contributed by atoms with Crippen LogP contribution in [0.2, 0.25) is 5.02 Å². The first-order valence-electron chi connectivity index (χ1n) is 10.6. The number of ether oxygens (including phenoxy) is 2. The molecule has 31 heavy (non-hydrogen) atoms. The van der Waals surface area contributed by atoms with Gasteiger partial charge in [-0.25, -0.2) is 0 Å². The molecule has 0 radical (unpaired) electrons. The van der Waals surface area contributed by atoms with Gasteiger partial charge in [0.25, 0.3) is 0 Å². The van der Waals surface area contributed by atoms with E-state index >= 15 is 0 Å². The fourth-order valence-corrected chi connectivity index (χ4v) is 3.89. The molecule has 6 heteroatoms. The van der Waals surface area contributed by atoms with E-state index in [1.165, 1.54) is 12.8 Å². The van der Waals surface area contributed by atoms with E-state index < -0.39 is 24.4 Å². The van der Waals surface area contributed by atoms with Gasteiger partial charge in [-0.15, -0.1) is 0 Å². The number of halogens is 1. The molecule has 1 aliphatic heterocycles. The van der Waals surface area contributed by atoms with E-state index in [-0.39, 0.29) is 13.0 Å². The van der Waals surface area contributed by atoms with Crippen molar-refractivity contribution in [3.63, 3.8) is 0 Å². The molecule has 0 aromatic heterocycles. The van der Waals surface area contributed by atoms with Gasteiger partial charge in [-0.05, 0) is 54.2 Å². The Morgan fingerprint density at radius 2 is 1.87 bits per heavy atom. The van der Waals surface area contributed by atoms with Gasteiger partial charge in [-0.2, -0.15) is 0 Å². The van der Waals surface area contributed by atoms with Crippen LogP contribution in [0.5, 0.6) is 5.75 Å². The molecular weight excluding hydrogens is 416 g/mol. The molecule has 2 aromatic rings. The molecular formula is C25H27ClO5. The first-order valence-corrected chi connectivity index (χ1v) is 11.0. The summed E-state index contributed by atoms with van der Waals surface area (Å²) >= 11 is 6.43. The minimum absolute atomic E-state index is 0.258. The third-order valence-corrected chi connectivity index (χ3v) is 6.07. The van der Waals surface area contributed by atoms with Gasteiger partial charge >= 0.3 is 0 Å². The van der Waals surface area contributed by atoms with Crippen LogP contribution in [0.4, 0.5) is 0 Å². The second-order valence-electron chi connectivity index (χ2n) is 8.20. The molecule has 164 valence electrons. The van der Waals surface area contributed by atoms with Crippen molar-refractivity contribution >= 4 is 11.6 Å². The van der Waals surface area contributed by atoms with Gasteiger partial charge in [0.1, 0.15) is 24.6 Å². The highest BCUT2D eigenvalue weighted by molar-refractivity contribution is 6.31. The van der Waals surface area contributed by atoms with E-state index in [0.717, 1.165) is 22.4 Å². The summed E-state index contributed by atoms with van der Waals surface area (Å²) < 4.78 is 11.5. The summed E-state index contributed by atoms with van der Waals surface area (Å²) in [5, 5.41) is 30.1. The topological polar surface area (TPSA) is 79.2 Å². The van der Waals surface area contributed by atoms with E-state index in [1.54, 1.807) is 0 Å². The molecule has 2 fully saturated rings. The highest BCUT2D eigenvalue weighted by atomic mass is 35.5. The maximum atomic E-state index is 10.1. The highest BCUT2D eigenvalue weighted by Crippen LogP contribution is 2.34. The standard InChI is InChI=1S/C25H27ClO5/c26-21-10-7-18(23-14-22(28)25(29)24(15-27)31-23)13-19(21)12-17-5-8-20(9-6-17)30-11-1-2-16-3-4-16/h5-10,13,16,22-25,27-29H,3-4,11-12,14-15H2/t22?,23-,24?,25-/m0/s1. The Morgan fingerprint density at radius 3 is 2.58 bits per heavy atom.